The molecule has 1 fully saturated rings. The predicted octanol–water partition coefficient (Wildman–Crippen LogP) is 0.296. The molecule has 0 aliphatic carbocycles. The topological polar surface area (TPSA) is 117 Å². The molecule has 0 aromatic carbocycles. The second kappa shape index (κ2) is 10.6. The van der Waals surface area contributed by atoms with Crippen LogP contribution >= 0.6 is 34.8 Å². The summed E-state index contributed by atoms with van der Waals surface area (Å²) in [7, 11) is 1.36. The maximum atomic E-state index is 12.5. The number of hydrogen-bond donors (Lipinski definition) is 3. The highest BCUT2D eigenvalue weighted by Gasteiger charge is 2.33. The Morgan fingerprint density at radius 1 is 1.33 bits per heavy atom. The SMILES string of the molecule is CO[C@H](C)[C@H](O)C(=O)N[C@@H](C)C(=O)N1CCC[C@@H](C(=O)OCC(Cl)(Cl)Cl)N1. The monoisotopic (exact) mass is 447 g/mol. The van der Waals surface area contributed by atoms with Crippen LogP contribution in [-0.2, 0) is 23.9 Å². The summed E-state index contributed by atoms with van der Waals surface area (Å²) in [5.74, 6) is -1.86. The van der Waals surface area contributed by atoms with Crippen LogP contribution in [0.3, 0.4) is 0 Å². The standard InChI is InChI=1S/C15H24Cl3N3O6/c1-8(19-12(23)11(22)9(2)26-3)13(24)21-6-4-5-10(20-21)14(25)27-7-15(16,17)18/h8-11,20,22H,4-7H2,1-3H3,(H,19,23)/t8-,9+,10-,11-/m0/s1. The van der Waals surface area contributed by atoms with Gasteiger partial charge in [0.15, 0.2) is 6.10 Å². The van der Waals surface area contributed by atoms with Crippen molar-refractivity contribution < 1.29 is 29.0 Å². The van der Waals surface area contributed by atoms with Gasteiger partial charge >= 0.3 is 5.97 Å². The van der Waals surface area contributed by atoms with Crippen molar-refractivity contribution in [3.05, 3.63) is 0 Å². The largest absolute Gasteiger partial charge is 0.460 e. The maximum Gasteiger partial charge on any atom is 0.325 e. The molecule has 27 heavy (non-hydrogen) atoms. The minimum atomic E-state index is -1.72. The first-order valence-corrected chi connectivity index (χ1v) is 9.41. The number of ether oxygens (including phenoxy) is 2. The second-order valence-corrected chi connectivity index (χ2v) is 8.67. The summed E-state index contributed by atoms with van der Waals surface area (Å²) in [4.78, 5) is 36.5. The van der Waals surface area contributed by atoms with Gasteiger partial charge in [0.05, 0.1) is 6.10 Å². The molecule has 0 unspecified atom stereocenters. The number of aliphatic hydroxyl groups is 1. The lowest BCUT2D eigenvalue weighted by atomic mass is 10.1. The van der Waals surface area contributed by atoms with Crippen LogP contribution in [0.2, 0.25) is 0 Å². The van der Waals surface area contributed by atoms with Gasteiger partial charge in [-0.1, -0.05) is 34.8 Å². The van der Waals surface area contributed by atoms with Crippen LogP contribution in [0, 0.1) is 0 Å². The Labute approximate surface area is 172 Å². The van der Waals surface area contributed by atoms with Gasteiger partial charge < -0.3 is 19.9 Å². The molecule has 0 aromatic rings. The van der Waals surface area contributed by atoms with Crippen molar-refractivity contribution in [3.8, 4) is 0 Å². The molecule has 1 saturated heterocycles. The number of hydrazine groups is 1. The first-order valence-electron chi connectivity index (χ1n) is 8.28. The van der Waals surface area contributed by atoms with Crippen LogP contribution in [0.25, 0.3) is 0 Å². The number of halogens is 3. The summed E-state index contributed by atoms with van der Waals surface area (Å²) in [5.41, 5.74) is 2.75. The molecule has 2 amide bonds. The van der Waals surface area contributed by atoms with Crippen LogP contribution in [0.1, 0.15) is 26.7 Å². The molecule has 3 N–H and O–H groups in total. The highest BCUT2D eigenvalue weighted by Crippen LogP contribution is 2.26. The number of methoxy groups -OCH3 is 1. The Kier molecular flexibility index (Phi) is 9.53. The van der Waals surface area contributed by atoms with E-state index in [0.29, 0.717) is 19.4 Å². The zero-order valence-corrected chi connectivity index (χ0v) is 17.5. The normalized spacial score (nSPS) is 21.1. The van der Waals surface area contributed by atoms with Gasteiger partial charge in [0, 0.05) is 13.7 Å². The summed E-state index contributed by atoms with van der Waals surface area (Å²) in [5, 5.41) is 13.4. The zero-order valence-electron chi connectivity index (χ0n) is 15.2. The van der Waals surface area contributed by atoms with E-state index < -0.39 is 52.5 Å². The van der Waals surface area contributed by atoms with Gasteiger partial charge in [-0.25, -0.2) is 5.43 Å². The smallest absolute Gasteiger partial charge is 0.325 e. The lowest BCUT2D eigenvalue weighted by Crippen LogP contribution is -2.60. The first-order chi connectivity index (χ1) is 12.5. The highest BCUT2D eigenvalue weighted by molar-refractivity contribution is 6.67. The lowest BCUT2D eigenvalue weighted by molar-refractivity contribution is -0.153. The molecule has 0 radical (unpaired) electrons. The number of hydrogen-bond acceptors (Lipinski definition) is 7. The third-order valence-corrected chi connectivity index (χ3v) is 4.26. The van der Waals surface area contributed by atoms with Crippen molar-refractivity contribution in [2.24, 2.45) is 0 Å². The Morgan fingerprint density at radius 3 is 2.52 bits per heavy atom. The maximum absolute atomic E-state index is 12.5. The Bertz CT molecular complexity index is 545. The predicted molar refractivity (Wildman–Crippen MR) is 99.2 cm³/mol. The number of carbonyl (C=O) groups is 3. The van der Waals surface area contributed by atoms with E-state index in [-0.39, 0.29) is 0 Å². The molecule has 1 aliphatic rings. The van der Waals surface area contributed by atoms with Crippen molar-refractivity contribution in [2.45, 2.75) is 54.8 Å². The van der Waals surface area contributed by atoms with Crippen LogP contribution in [0.15, 0.2) is 0 Å². The number of rotatable bonds is 7. The number of esters is 1. The number of carbonyl (C=O) groups excluding carboxylic acids is 3. The Balaban J connectivity index is 2.59. The molecule has 0 saturated carbocycles. The van der Waals surface area contributed by atoms with Crippen molar-refractivity contribution in [1.82, 2.24) is 15.8 Å². The zero-order chi connectivity index (χ0) is 20.8. The van der Waals surface area contributed by atoms with Gasteiger partial charge in [-0.15, -0.1) is 0 Å². The summed E-state index contributed by atoms with van der Waals surface area (Å²) in [6.07, 6.45) is -1.16. The van der Waals surface area contributed by atoms with Crippen molar-refractivity contribution in [1.29, 1.82) is 0 Å². The van der Waals surface area contributed by atoms with E-state index in [4.69, 9.17) is 44.3 Å². The molecule has 1 aliphatic heterocycles. The molecule has 156 valence electrons. The molecule has 1 heterocycles. The molecule has 12 heteroatoms. The fraction of sp³-hybridized carbons (Fsp3) is 0.800. The third-order valence-electron chi connectivity index (χ3n) is 3.93. The van der Waals surface area contributed by atoms with Gasteiger partial charge in [0.25, 0.3) is 11.8 Å². The van der Waals surface area contributed by atoms with Crippen molar-refractivity contribution in [2.75, 3.05) is 20.3 Å². The van der Waals surface area contributed by atoms with E-state index in [9.17, 15) is 19.5 Å². The third kappa shape index (κ3) is 7.97. The second-order valence-electron chi connectivity index (χ2n) is 6.15. The Hall–Kier alpha value is -0.840. The average Bonchev–Trinajstić information content (AvgIpc) is 2.63. The molecule has 4 atom stereocenters. The summed E-state index contributed by atoms with van der Waals surface area (Å²) < 4.78 is 8.07. The molecule has 9 nitrogen and oxygen atoms in total. The number of nitrogens with zero attached hydrogens (tertiary/aromatic N) is 1. The molecule has 1 rings (SSSR count). The Morgan fingerprint density at radius 2 is 1.96 bits per heavy atom. The van der Waals surface area contributed by atoms with Gasteiger partial charge in [-0.3, -0.25) is 19.4 Å². The number of nitrogens with one attached hydrogen (secondary N) is 2. The van der Waals surface area contributed by atoms with Gasteiger partial charge in [0.1, 0.15) is 18.7 Å². The first kappa shape index (κ1) is 24.2. The lowest BCUT2D eigenvalue weighted by Gasteiger charge is -2.34. The molecule has 0 aromatic heterocycles. The van der Waals surface area contributed by atoms with Crippen LogP contribution in [-0.4, -0.2) is 76.2 Å². The van der Waals surface area contributed by atoms with E-state index in [1.54, 1.807) is 0 Å². The fourth-order valence-electron chi connectivity index (χ4n) is 2.30. The van der Waals surface area contributed by atoms with Crippen LogP contribution in [0.4, 0.5) is 0 Å². The number of amides is 2. The van der Waals surface area contributed by atoms with Gasteiger partial charge in [0.2, 0.25) is 3.79 Å². The molecule has 0 bridgehead atoms. The van der Waals surface area contributed by atoms with Crippen molar-refractivity contribution >= 4 is 52.6 Å². The fourth-order valence-corrected chi connectivity index (χ4v) is 2.47. The quantitative estimate of drug-likeness (QED) is 0.379. The van der Waals surface area contributed by atoms with Crippen LogP contribution < -0.4 is 10.7 Å². The minimum absolute atomic E-state index is 0.338. The van der Waals surface area contributed by atoms with E-state index >= 15 is 0 Å². The van der Waals surface area contributed by atoms with Gasteiger partial charge in [-0.2, -0.15) is 0 Å². The molecular formula is C15H24Cl3N3O6. The summed E-state index contributed by atoms with van der Waals surface area (Å²) >= 11 is 16.6. The summed E-state index contributed by atoms with van der Waals surface area (Å²) in [6, 6.07) is -1.71. The summed E-state index contributed by atoms with van der Waals surface area (Å²) in [6.45, 7) is 2.92. The van der Waals surface area contributed by atoms with E-state index in [1.165, 1.54) is 26.0 Å². The molecule has 0 spiro atoms. The van der Waals surface area contributed by atoms with E-state index in [2.05, 4.69) is 10.7 Å². The van der Waals surface area contributed by atoms with Crippen LogP contribution in [0.5, 0.6) is 0 Å². The number of aliphatic hydroxyl groups excluding tert-OH is 1. The molecular weight excluding hydrogens is 425 g/mol. The number of alkyl halides is 3. The average molecular weight is 449 g/mol. The minimum Gasteiger partial charge on any atom is -0.460 e. The van der Waals surface area contributed by atoms with E-state index in [1.807, 2.05) is 0 Å². The van der Waals surface area contributed by atoms with E-state index in [0.717, 1.165) is 0 Å². The van der Waals surface area contributed by atoms with Crippen molar-refractivity contribution in [3.63, 3.8) is 0 Å². The highest BCUT2D eigenvalue weighted by atomic mass is 35.6. The van der Waals surface area contributed by atoms with Gasteiger partial charge in [-0.05, 0) is 26.7 Å².